The Morgan fingerprint density at radius 3 is 2.20 bits per heavy atom. The van der Waals surface area contributed by atoms with E-state index < -0.39 is 0 Å². The summed E-state index contributed by atoms with van der Waals surface area (Å²) in [6.07, 6.45) is 0. The Balaban J connectivity index is 2.01. The van der Waals surface area contributed by atoms with Crippen LogP contribution in [0.5, 0.6) is 0 Å². The molecule has 0 spiro atoms. The van der Waals surface area contributed by atoms with Crippen LogP contribution in [0.15, 0.2) is 59.7 Å². The quantitative estimate of drug-likeness (QED) is 0.776. The van der Waals surface area contributed by atoms with Crippen molar-refractivity contribution in [2.45, 2.75) is 26.8 Å². The lowest BCUT2D eigenvalue weighted by atomic mass is 9.92. The highest BCUT2D eigenvalue weighted by Gasteiger charge is 2.33. The second-order valence-corrected chi connectivity index (χ2v) is 5.57. The lowest BCUT2D eigenvalue weighted by molar-refractivity contribution is 0.588. The highest BCUT2D eigenvalue weighted by atomic mass is 15.5. The summed E-state index contributed by atoms with van der Waals surface area (Å²) >= 11 is 0. The Hall–Kier alpha value is -2.09. The molecular formula is C18H20N2. The molecular weight excluding hydrogens is 244 g/mol. The van der Waals surface area contributed by atoms with Crippen LogP contribution >= 0.6 is 0 Å². The van der Waals surface area contributed by atoms with Crippen molar-refractivity contribution in [1.82, 2.24) is 0 Å². The van der Waals surface area contributed by atoms with Gasteiger partial charge in [0.25, 0.3) is 0 Å². The minimum absolute atomic E-state index is 0.291. The molecule has 2 atom stereocenters. The van der Waals surface area contributed by atoms with Crippen molar-refractivity contribution in [2.24, 2.45) is 11.0 Å². The highest BCUT2D eigenvalue weighted by molar-refractivity contribution is 5.89. The van der Waals surface area contributed by atoms with Gasteiger partial charge in [0.2, 0.25) is 0 Å². The molecule has 20 heavy (non-hydrogen) atoms. The standard InChI is InChI=1S/C18H20N2/c1-13-9-11-17(12-10-13)20-18(14(2)15(3)19-20)16-7-5-4-6-8-16/h4-12,14,18H,1-3H3/t14-,18-/m1/s1. The van der Waals surface area contributed by atoms with Crippen molar-refractivity contribution in [2.75, 3.05) is 5.01 Å². The van der Waals surface area contributed by atoms with Crippen LogP contribution in [0, 0.1) is 12.8 Å². The van der Waals surface area contributed by atoms with Gasteiger partial charge in [-0.15, -0.1) is 0 Å². The topological polar surface area (TPSA) is 15.6 Å². The van der Waals surface area contributed by atoms with E-state index in [9.17, 15) is 0 Å². The van der Waals surface area contributed by atoms with Crippen LogP contribution in [0.4, 0.5) is 5.69 Å². The molecule has 3 rings (SSSR count). The number of benzene rings is 2. The van der Waals surface area contributed by atoms with E-state index in [2.05, 4.69) is 80.4 Å². The molecule has 1 aliphatic heterocycles. The molecule has 2 aromatic rings. The summed E-state index contributed by atoms with van der Waals surface area (Å²) in [6, 6.07) is 19.5. The van der Waals surface area contributed by atoms with Crippen LogP contribution in [0.3, 0.4) is 0 Å². The van der Waals surface area contributed by atoms with Crippen molar-refractivity contribution >= 4 is 11.4 Å². The van der Waals surface area contributed by atoms with Gasteiger partial charge >= 0.3 is 0 Å². The van der Waals surface area contributed by atoms with Crippen LogP contribution < -0.4 is 5.01 Å². The molecule has 0 saturated carbocycles. The van der Waals surface area contributed by atoms with E-state index in [1.165, 1.54) is 16.8 Å². The number of hydrazone groups is 1. The molecule has 2 aromatic carbocycles. The normalized spacial score (nSPS) is 21.9. The third-order valence-corrected chi connectivity index (χ3v) is 4.10. The second kappa shape index (κ2) is 5.12. The Labute approximate surface area is 120 Å². The summed E-state index contributed by atoms with van der Waals surface area (Å²) in [5.74, 6) is 0.429. The van der Waals surface area contributed by atoms with E-state index >= 15 is 0 Å². The fraction of sp³-hybridized carbons (Fsp3) is 0.278. The average molecular weight is 264 g/mol. The largest absolute Gasteiger partial charge is 0.257 e. The molecule has 102 valence electrons. The fourth-order valence-corrected chi connectivity index (χ4v) is 2.76. The third-order valence-electron chi connectivity index (χ3n) is 4.10. The maximum atomic E-state index is 4.78. The zero-order valence-corrected chi connectivity index (χ0v) is 12.2. The van der Waals surface area contributed by atoms with Gasteiger partial charge in [-0.2, -0.15) is 5.10 Å². The minimum Gasteiger partial charge on any atom is -0.257 e. The van der Waals surface area contributed by atoms with Crippen LogP contribution in [0.25, 0.3) is 0 Å². The van der Waals surface area contributed by atoms with Crippen LogP contribution in [-0.2, 0) is 0 Å². The van der Waals surface area contributed by atoms with E-state index in [-0.39, 0.29) is 0 Å². The van der Waals surface area contributed by atoms with Gasteiger partial charge in [0.05, 0.1) is 11.7 Å². The summed E-state index contributed by atoms with van der Waals surface area (Å²) in [5.41, 5.74) is 4.95. The zero-order chi connectivity index (χ0) is 14.1. The Morgan fingerprint density at radius 1 is 0.900 bits per heavy atom. The first-order valence-electron chi connectivity index (χ1n) is 7.13. The van der Waals surface area contributed by atoms with Gasteiger partial charge in [-0.05, 0) is 31.5 Å². The van der Waals surface area contributed by atoms with Gasteiger partial charge in [0, 0.05) is 11.6 Å². The van der Waals surface area contributed by atoms with Crippen LogP contribution in [0.2, 0.25) is 0 Å². The first kappa shape index (κ1) is 12.9. The van der Waals surface area contributed by atoms with Crippen LogP contribution in [-0.4, -0.2) is 5.71 Å². The van der Waals surface area contributed by atoms with Gasteiger partial charge in [0.15, 0.2) is 0 Å². The van der Waals surface area contributed by atoms with E-state index in [4.69, 9.17) is 5.10 Å². The van der Waals surface area contributed by atoms with Crippen molar-refractivity contribution in [3.8, 4) is 0 Å². The first-order valence-corrected chi connectivity index (χ1v) is 7.13. The van der Waals surface area contributed by atoms with Crippen LogP contribution in [0.1, 0.15) is 31.0 Å². The molecule has 1 aliphatic rings. The Kier molecular flexibility index (Phi) is 3.31. The molecule has 0 amide bonds. The molecule has 0 fully saturated rings. The van der Waals surface area contributed by atoms with Gasteiger partial charge in [-0.1, -0.05) is 55.0 Å². The molecule has 0 bridgehead atoms. The highest BCUT2D eigenvalue weighted by Crippen LogP contribution is 2.38. The van der Waals surface area contributed by atoms with Crippen molar-refractivity contribution in [3.05, 3.63) is 65.7 Å². The fourth-order valence-electron chi connectivity index (χ4n) is 2.76. The lowest BCUT2D eigenvalue weighted by Gasteiger charge is -2.27. The second-order valence-electron chi connectivity index (χ2n) is 5.57. The Bertz CT molecular complexity index is 614. The van der Waals surface area contributed by atoms with E-state index in [0.717, 1.165) is 5.69 Å². The molecule has 0 aliphatic carbocycles. The number of aryl methyl sites for hydroxylation is 1. The average Bonchev–Trinajstić information content (AvgIpc) is 2.77. The summed E-state index contributed by atoms with van der Waals surface area (Å²) in [5, 5.41) is 6.94. The van der Waals surface area contributed by atoms with Gasteiger partial charge < -0.3 is 0 Å². The summed E-state index contributed by atoms with van der Waals surface area (Å²) in [6.45, 7) is 6.49. The molecule has 0 saturated heterocycles. The molecule has 1 heterocycles. The monoisotopic (exact) mass is 264 g/mol. The van der Waals surface area contributed by atoms with E-state index in [0.29, 0.717) is 12.0 Å². The number of rotatable bonds is 2. The van der Waals surface area contributed by atoms with E-state index in [1.54, 1.807) is 0 Å². The molecule has 2 nitrogen and oxygen atoms in total. The van der Waals surface area contributed by atoms with Crippen molar-refractivity contribution in [1.29, 1.82) is 0 Å². The number of hydrogen-bond donors (Lipinski definition) is 0. The molecule has 0 unspecified atom stereocenters. The van der Waals surface area contributed by atoms with Gasteiger partial charge in [0.1, 0.15) is 0 Å². The summed E-state index contributed by atoms with van der Waals surface area (Å²) in [7, 11) is 0. The summed E-state index contributed by atoms with van der Waals surface area (Å²) in [4.78, 5) is 0. The van der Waals surface area contributed by atoms with E-state index in [1.807, 2.05) is 0 Å². The third kappa shape index (κ3) is 2.22. The van der Waals surface area contributed by atoms with Crippen molar-refractivity contribution in [3.63, 3.8) is 0 Å². The maximum absolute atomic E-state index is 4.78. The predicted octanol–water partition coefficient (Wildman–Crippen LogP) is 4.57. The predicted molar refractivity (Wildman–Crippen MR) is 85.1 cm³/mol. The summed E-state index contributed by atoms with van der Waals surface area (Å²) < 4.78 is 0. The number of nitrogens with zero attached hydrogens (tertiary/aromatic N) is 2. The zero-order valence-electron chi connectivity index (χ0n) is 12.2. The molecule has 0 aromatic heterocycles. The number of anilines is 1. The van der Waals surface area contributed by atoms with Gasteiger partial charge in [-0.3, -0.25) is 5.01 Å². The Morgan fingerprint density at radius 2 is 1.55 bits per heavy atom. The molecule has 0 radical (unpaired) electrons. The molecule has 0 N–H and O–H groups in total. The molecule has 2 heteroatoms. The minimum atomic E-state index is 0.291. The SMILES string of the molecule is CC1=NN(c2ccc(C)cc2)[C@@H](c2ccccc2)[C@@H]1C. The van der Waals surface area contributed by atoms with Gasteiger partial charge in [-0.25, -0.2) is 0 Å². The smallest absolute Gasteiger partial charge is 0.0853 e. The number of hydrogen-bond acceptors (Lipinski definition) is 2. The lowest BCUT2D eigenvalue weighted by Crippen LogP contribution is -2.23. The first-order chi connectivity index (χ1) is 9.66. The van der Waals surface area contributed by atoms with Crippen molar-refractivity contribution < 1.29 is 0 Å². The maximum Gasteiger partial charge on any atom is 0.0853 e.